The summed E-state index contributed by atoms with van der Waals surface area (Å²) in [6.45, 7) is 0. The maximum atomic E-state index is 13.0. The van der Waals surface area contributed by atoms with E-state index in [1.807, 2.05) is 0 Å². The van der Waals surface area contributed by atoms with Gasteiger partial charge in [0.05, 0.1) is 13.0 Å². The first-order valence-electron chi connectivity index (χ1n) is 5.81. The lowest BCUT2D eigenvalue weighted by Crippen LogP contribution is -2.33. The quantitative estimate of drug-likeness (QED) is 0.840. The smallest absolute Gasteiger partial charge is 0.395 e. The van der Waals surface area contributed by atoms with Gasteiger partial charge in [0.15, 0.2) is 0 Å². The zero-order valence-corrected chi connectivity index (χ0v) is 10.5. The number of ether oxygens (including phenoxy) is 1. The van der Waals surface area contributed by atoms with E-state index in [0.29, 0.717) is 0 Å². The third-order valence-electron chi connectivity index (χ3n) is 2.87. The van der Waals surface area contributed by atoms with Gasteiger partial charge in [-0.2, -0.15) is 13.2 Å². The third-order valence-corrected chi connectivity index (χ3v) is 2.87. The standard InChI is InChI=1S/C13H16F3NO2/c1-19-12(18)11(17)8-7-10(13(14,15)16)9-5-3-2-4-6-9/h2-6,10-11H,7-8,17H2,1H3/t10?,11-/m0/s1. The summed E-state index contributed by atoms with van der Waals surface area (Å²) in [5.41, 5.74) is 5.63. The van der Waals surface area contributed by atoms with Crippen molar-refractivity contribution in [2.24, 2.45) is 5.73 Å². The summed E-state index contributed by atoms with van der Waals surface area (Å²) in [5, 5.41) is 0. The van der Waals surface area contributed by atoms with Gasteiger partial charge in [-0.25, -0.2) is 0 Å². The van der Waals surface area contributed by atoms with Crippen molar-refractivity contribution in [3.05, 3.63) is 35.9 Å². The molecule has 1 unspecified atom stereocenters. The van der Waals surface area contributed by atoms with E-state index in [0.717, 1.165) is 7.11 Å². The van der Waals surface area contributed by atoms with Crippen molar-refractivity contribution in [1.82, 2.24) is 0 Å². The average Bonchev–Trinajstić information content (AvgIpc) is 2.37. The maximum Gasteiger partial charge on any atom is 0.395 e. The Kier molecular flexibility index (Phi) is 5.35. The highest BCUT2D eigenvalue weighted by atomic mass is 19.4. The van der Waals surface area contributed by atoms with Crippen LogP contribution < -0.4 is 5.73 Å². The zero-order chi connectivity index (χ0) is 14.5. The monoisotopic (exact) mass is 275 g/mol. The molecule has 0 aliphatic carbocycles. The van der Waals surface area contributed by atoms with Gasteiger partial charge < -0.3 is 10.5 Å². The number of carbonyl (C=O) groups is 1. The number of benzene rings is 1. The van der Waals surface area contributed by atoms with Crippen LogP contribution in [0.4, 0.5) is 13.2 Å². The van der Waals surface area contributed by atoms with E-state index in [-0.39, 0.29) is 18.4 Å². The molecule has 0 spiro atoms. The van der Waals surface area contributed by atoms with Crippen LogP contribution in [0.15, 0.2) is 30.3 Å². The Morgan fingerprint density at radius 1 is 1.26 bits per heavy atom. The molecule has 0 aliphatic heterocycles. The molecule has 0 radical (unpaired) electrons. The zero-order valence-electron chi connectivity index (χ0n) is 10.5. The molecule has 1 rings (SSSR count). The lowest BCUT2D eigenvalue weighted by Gasteiger charge is -2.21. The number of alkyl halides is 3. The molecular formula is C13H16F3NO2. The first kappa shape index (κ1) is 15.5. The molecule has 1 aromatic carbocycles. The van der Waals surface area contributed by atoms with E-state index >= 15 is 0 Å². The predicted octanol–water partition coefficient (Wildman–Crippen LogP) is 2.61. The van der Waals surface area contributed by atoms with Crippen LogP contribution in [-0.2, 0) is 9.53 Å². The van der Waals surface area contributed by atoms with E-state index in [1.54, 1.807) is 18.2 Å². The molecule has 0 bridgehead atoms. The molecule has 0 saturated heterocycles. The Morgan fingerprint density at radius 2 is 1.84 bits per heavy atom. The highest BCUT2D eigenvalue weighted by molar-refractivity contribution is 5.75. The SMILES string of the molecule is COC(=O)[C@@H](N)CCC(c1ccccc1)C(F)(F)F. The summed E-state index contributed by atoms with van der Waals surface area (Å²) in [6, 6.07) is 6.56. The molecular weight excluding hydrogens is 259 g/mol. The summed E-state index contributed by atoms with van der Waals surface area (Å²) < 4.78 is 43.3. The molecule has 0 fully saturated rings. The largest absolute Gasteiger partial charge is 0.468 e. The van der Waals surface area contributed by atoms with E-state index in [4.69, 9.17) is 5.73 Å². The van der Waals surface area contributed by atoms with Crippen molar-refractivity contribution in [2.45, 2.75) is 31.0 Å². The van der Waals surface area contributed by atoms with E-state index in [2.05, 4.69) is 4.74 Å². The minimum absolute atomic E-state index is 0.0776. The second kappa shape index (κ2) is 6.56. The molecule has 2 atom stereocenters. The Morgan fingerprint density at radius 3 is 2.32 bits per heavy atom. The fourth-order valence-electron chi connectivity index (χ4n) is 1.82. The second-order valence-corrected chi connectivity index (χ2v) is 4.21. The number of halogens is 3. The van der Waals surface area contributed by atoms with Crippen LogP contribution in [0.25, 0.3) is 0 Å². The topological polar surface area (TPSA) is 52.3 Å². The molecule has 19 heavy (non-hydrogen) atoms. The van der Waals surface area contributed by atoms with Crippen LogP contribution in [-0.4, -0.2) is 25.3 Å². The van der Waals surface area contributed by atoms with Crippen molar-refractivity contribution in [1.29, 1.82) is 0 Å². The van der Waals surface area contributed by atoms with Gasteiger partial charge in [0.1, 0.15) is 6.04 Å². The van der Waals surface area contributed by atoms with Gasteiger partial charge in [-0.1, -0.05) is 30.3 Å². The minimum Gasteiger partial charge on any atom is -0.468 e. The van der Waals surface area contributed by atoms with Crippen molar-refractivity contribution in [2.75, 3.05) is 7.11 Å². The molecule has 1 aromatic rings. The lowest BCUT2D eigenvalue weighted by molar-refractivity contribution is -0.154. The van der Waals surface area contributed by atoms with Crippen LogP contribution in [0.5, 0.6) is 0 Å². The summed E-state index contributed by atoms with van der Waals surface area (Å²) in [4.78, 5) is 11.1. The number of hydrogen-bond donors (Lipinski definition) is 1. The summed E-state index contributed by atoms with van der Waals surface area (Å²) in [7, 11) is 1.15. The van der Waals surface area contributed by atoms with Crippen molar-refractivity contribution in [3.63, 3.8) is 0 Å². The number of carbonyl (C=O) groups excluding carboxylic acids is 1. The molecule has 0 aliphatic rings. The van der Waals surface area contributed by atoms with Crippen molar-refractivity contribution >= 4 is 5.97 Å². The van der Waals surface area contributed by atoms with Crippen LogP contribution >= 0.6 is 0 Å². The van der Waals surface area contributed by atoms with Crippen LogP contribution in [0.1, 0.15) is 24.3 Å². The van der Waals surface area contributed by atoms with Gasteiger partial charge in [0.25, 0.3) is 0 Å². The second-order valence-electron chi connectivity index (χ2n) is 4.21. The Bertz CT molecular complexity index is 406. The first-order valence-corrected chi connectivity index (χ1v) is 5.81. The molecule has 106 valence electrons. The summed E-state index contributed by atoms with van der Waals surface area (Å²) in [5.74, 6) is -2.32. The highest BCUT2D eigenvalue weighted by Crippen LogP contribution is 2.38. The number of rotatable bonds is 5. The van der Waals surface area contributed by atoms with E-state index in [9.17, 15) is 18.0 Å². The van der Waals surface area contributed by atoms with E-state index < -0.39 is 24.1 Å². The van der Waals surface area contributed by atoms with Gasteiger partial charge >= 0.3 is 12.1 Å². The minimum atomic E-state index is -4.36. The van der Waals surface area contributed by atoms with Crippen LogP contribution in [0.2, 0.25) is 0 Å². The molecule has 0 heterocycles. The summed E-state index contributed by atoms with van der Waals surface area (Å²) in [6.07, 6.45) is -4.69. The first-order chi connectivity index (χ1) is 8.86. The molecule has 6 heteroatoms. The van der Waals surface area contributed by atoms with Crippen molar-refractivity contribution in [3.8, 4) is 0 Å². The Labute approximate surface area is 109 Å². The van der Waals surface area contributed by atoms with Gasteiger partial charge in [-0.05, 0) is 18.4 Å². The molecule has 0 saturated carbocycles. The molecule has 3 nitrogen and oxygen atoms in total. The fourth-order valence-corrected chi connectivity index (χ4v) is 1.82. The number of esters is 1. The molecule has 2 N–H and O–H groups in total. The van der Waals surface area contributed by atoms with Gasteiger partial charge in [0.2, 0.25) is 0 Å². The highest BCUT2D eigenvalue weighted by Gasteiger charge is 2.40. The molecule has 0 amide bonds. The summed E-state index contributed by atoms with van der Waals surface area (Å²) >= 11 is 0. The Hall–Kier alpha value is -1.56. The van der Waals surface area contributed by atoms with Gasteiger partial charge in [0, 0.05) is 0 Å². The fraction of sp³-hybridized carbons (Fsp3) is 0.462. The van der Waals surface area contributed by atoms with Crippen molar-refractivity contribution < 1.29 is 22.7 Å². The number of methoxy groups -OCH3 is 1. The van der Waals surface area contributed by atoms with E-state index in [1.165, 1.54) is 12.1 Å². The maximum absolute atomic E-state index is 13.0. The average molecular weight is 275 g/mol. The van der Waals surface area contributed by atoms with Crippen LogP contribution in [0.3, 0.4) is 0 Å². The third kappa shape index (κ3) is 4.55. The molecule has 0 aromatic heterocycles. The van der Waals surface area contributed by atoms with Gasteiger partial charge in [-0.15, -0.1) is 0 Å². The predicted molar refractivity (Wildman–Crippen MR) is 64.5 cm³/mol. The normalized spacial score (nSPS) is 14.8. The lowest BCUT2D eigenvalue weighted by atomic mass is 9.92. The number of hydrogen-bond acceptors (Lipinski definition) is 3. The Balaban J connectivity index is 2.76. The van der Waals surface area contributed by atoms with Crippen LogP contribution in [0, 0.1) is 0 Å². The number of nitrogens with two attached hydrogens (primary N) is 1. The van der Waals surface area contributed by atoms with Gasteiger partial charge in [-0.3, -0.25) is 4.79 Å².